The van der Waals surface area contributed by atoms with Crippen LogP contribution in [0.1, 0.15) is 13.8 Å². The topological polar surface area (TPSA) is 47.6 Å². The van der Waals surface area contributed by atoms with Crippen LogP contribution in [-0.2, 0) is 4.74 Å². The molecule has 0 spiro atoms. The van der Waals surface area contributed by atoms with Crippen molar-refractivity contribution in [2.45, 2.75) is 13.8 Å². The van der Waals surface area contributed by atoms with Crippen LogP contribution in [0.3, 0.4) is 0 Å². The minimum atomic E-state index is 0.534. The van der Waals surface area contributed by atoms with Crippen LogP contribution in [0.5, 0.6) is 0 Å². The van der Waals surface area contributed by atoms with Crippen molar-refractivity contribution in [3.63, 3.8) is 0 Å². The van der Waals surface area contributed by atoms with Crippen molar-refractivity contribution in [2.75, 3.05) is 20.3 Å². The Morgan fingerprint density at radius 3 is 2.64 bits per heavy atom. The largest absolute Gasteiger partial charge is 0.402 e. The Morgan fingerprint density at radius 1 is 1.64 bits per heavy atom. The number of nitrogens with zero attached hydrogens (tertiary/aromatic N) is 1. The fraction of sp³-hybridized carbons (Fsp3) is 0.625. The SMILES string of the molecule is CCN=C/C(COC)=C(/C)N. The standard InChI is InChI=1S/C8H16N2O/c1-4-10-5-8(6-11-3)7(2)9/h5H,4,6,9H2,1-3H3/b8-7+,10-5?. The van der Waals surface area contributed by atoms with Crippen molar-refractivity contribution in [3.05, 3.63) is 11.3 Å². The zero-order chi connectivity index (χ0) is 8.69. The molecule has 0 rings (SSSR count). The van der Waals surface area contributed by atoms with Crippen molar-refractivity contribution in [1.82, 2.24) is 0 Å². The summed E-state index contributed by atoms with van der Waals surface area (Å²) < 4.78 is 4.93. The minimum Gasteiger partial charge on any atom is -0.402 e. The van der Waals surface area contributed by atoms with Crippen LogP contribution in [-0.4, -0.2) is 26.5 Å². The van der Waals surface area contributed by atoms with Gasteiger partial charge in [-0.15, -0.1) is 0 Å². The zero-order valence-corrected chi connectivity index (χ0v) is 7.42. The first kappa shape index (κ1) is 10.2. The van der Waals surface area contributed by atoms with E-state index in [1.165, 1.54) is 0 Å². The molecule has 0 aliphatic carbocycles. The minimum absolute atomic E-state index is 0.534. The van der Waals surface area contributed by atoms with Crippen LogP contribution in [0.2, 0.25) is 0 Å². The maximum Gasteiger partial charge on any atom is 0.0744 e. The van der Waals surface area contributed by atoms with Gasteiger partial charge in [-0.1, -0.05) is 0 Å². The first-order valence-corrected chi connectivity index (χ1v) is 3.66. The molecule has 11 heavy (non-hydrogen) atoms. The molecule has 0 radical (unpaired) electrons. The third kappa shape index (κ3) is 4.56. The summed E-state index contributed by atoms with van der Waals surface area (Å²) in [6.07, 6.45) is 1.76. The van der Waals surface area contributed by atoms with Crippen molar-refractivity contribution >= 4 is 6.21 Å². The molecule has 0 aromatic heterocycles. The molecule has 3 heteroatoms. The number of rotatable bonds is 4. The number of nitrogens with two attached hydrogens (primary N) is 1. The van der Waals surface area contributed by atoms with Crippen molar-refractivity contribution < 1.29 is 4.74 Å². The molecule has 0 fully saturated rings. The molecular weight excluding hydrogens is 140 g/mol. The molecule has 0 bridgehead atoms. The molecule has 64 valence electrons. The van der Waals surface area contributed by atoms with E-state index in [2.05, 4.69) is 4.99 Å². The molecule has 0 aliphatic heterocycles. The number of ether oxygens (including phenoxy) is 1. The van der Waals surface area contributed by atoms with Gasteiger partial charge in [-0.25, -0.2) is 0 Å². The predicted octanol–water partition coefficient (Wildman–Crippen LogP) is 0.956. The summed E-state index contributed by atoms with van der Waals surface area (Å²) in [6.45, 7) is 5.13. The quantitative estimate of drug-likeness (QED) is 0.616. The van der Waals surface area contributed by atoms with Gasteiger partial charge in [0.05, 0.1) is 6.61 Å². The van der Waals surface area contributed by atoms with Gasteiger partial charge in [-0.05, 0) is 13.8 Å². The van der Waals surface area contributed by atoms with Gasteiger partial charge in [0.15, 0.2) is 0 Å². The lowest BCUT2D eigenvalue weighted by molar-refractivity contribution is 0.229. The number of aliphatic imine (C=N–C) groups is 1. The first-order valence-electron chi connectivity index (χ1n) is 3.66. The van der Waals surface area contributed by atoms with Crippen LogP contribution < -0.4 is 5.73 Å². The maximum atomic E-state index is 5.57. The van der Waals surface area contributed by atoms with Crippen molar-refractivity contribution in [1.29, 1.82) is 0 Å². The van der Waals surface area contributed by atoms with Gasteiger partial charge in [-0.2, -0.15) is 0 Å². The second-order valence-corrected chi connectivity index (χ2v) is 2.27. The lowest BCUT2D eigenvalue weighted by Gasteiger charge is -2.01. The molecule has 0 saturated carbocycles. The summed E-state index contributed by atoms with van der Waals surface area (Å²) in [5, 5.41) is 0. The lowest BCUT2D eigenvalue weighted by atomic mass is 10.2. The predicted molar refractivity (Wildman–Crippen MR) is 47.8 cm³/mol. The molecule has 0 aliphatic rings. The first-order chi connectivity index (χ1) is 5.22. The van der Waals surface area contributed by atoms with Crippen LogP contribution in [0.15, 0.2) is 16.3 Å². The summed E-state index contributed by atoms with van der Waals surface area (Å²) in [5.41, 5.74) is 7.29. The average Bonchev–Trinajstić information content (AvgIpc) is 1.97. The fourth-order valence-electron chi connectivity index (χ4n) is 0.610. The molecule has 2 N–H and O–H groups in total. The highest BCUT2D eigenvalue weighted by Gasteiger charge is 1.94. The van der Waals surface area contributed by atoms with E-state index in [4.69, 9.17) is 10.5 Å². The third-order valence-corrected chi connectivity index (χ3v) is 1.24. The highest BCUT2D eigenvalue weighted by atomic mass is 16.5. The second-order valence-electron chi connectivity index (χ2n) is 2.27. The molecule has 0 aromatic carbocycles. The summed E-state index contributed by atoms with van der Waals surface area (Å²) in [6, 6.07) is 0. The van der Waals surface area contributed by atoms with Gasteiger partial charge in [0, 0.05) is 31.1 Å². The van der Waals surface area contributed by atoms with E-state index in [-0.39, 0.29) is 0 Å². The molecule has 0 unspecified atom stereocenters. The number of allylic oxidation sites excluding steroid dienone is 1. The molecule has 0 aromatic rings. The molecule has 3 nitrogen and oxygen atoms in total. The Bertz CT molecular complexity index is 157. The van der Waals surface area contributed by atoms with Gasteiger partial charge in [0.2, 0.25) is 0 Å². The van der Waals surface area contributed by atoms with Crippen LogP contribution in [0.4, 0.5) is 0 Å². The van der Waals surface area contributed by atoms with E-state index in [0.29, 0.717) is 6.61 Å². The monoisotopic (exact) mass is 156 g/mol. The molecular formula is C8H16N2O. The van der Waals surface area contributed by atoms with Crippen molar-refractivity contribution in [3.8, 4) is 0 Å². The summed E-state index contributed by atoms with van der Waals surface area (Å²) >= 11 is 0. The van der Waals surface area contributed by atoms with E-state index in [1.54, 1.807) is 13.3 Å². The smallest absolute Gasteiger partial charge is 0.0744 e. The highest BCUT2D eigenvalue weighted by molar-refractivity contribution is 5.79. The molecule has 0 saturated heterocycles. The third-order valence-electron chi connectivity index (χ3n) is 1.24. The molecule has 0 amide bonds. The highest BCUT2D eigenvalue weighted by Crippen LogP contribution is 1.95. The van der Waals surface area contributed by atoms with Gasteiger partial charge < -0.3 is 10.5 Å². The Hall–Kier alpha value is -0.830. The second kappa shape index (κ2) is 5.92. The van der Waals surface area contributed by atoms with Gasteiger partial charge in [-0.3, -0.25) is 4.99 Å². The number of methoxy groups -OCH3 is 1. The van der Waals surface area contributed by atoms with Crippen LogP contribution in [0, 0.1) is 0 Å². The van der Waals surface area contributed by atoms with E-state index in [1.807, 2.05) is 13.8 Å². The summed E-state index contributed by atoms with van der Waals surface area (Å²) in [4.78, 5) is 4.07. The van der Waals surface area contributed by atoms with Crippen molar-refractivity contribution in [2.24, 2.45) is 10.7 Å². The zero-order valence-electron chi connectivity index (χ0n) is 7.42. The maximum absolute atomic E-state index is 5.57. The van der Waals surface area contributed by atoms with Gasteiger partial charge in [0.1, 0.15) is 0 Å². The Balaban J connectivity index is 4.12. The van der Waals surface area contributed by atoms with Crippen LogP contribution >= 0.6 is 0 Å². The normalized spacial score (nSPS) is 13.7. The van der Waals surface area contributed by atoms with E-state index >= 15 is 0 Å². The van der Waals surface area contributed by atoms with E-state index in [0.717, 1.165) is 17.8 Å². The Labute approximate surface area is 68.0 Å². The summed E-state index contributed by atoms with van der Waals surface area (Å²) in [5.74, 6) is 0. The van der Waals surface area contributed by atoms with E-state index < -0.39 is 0 Å². The number of hydrogen-bond donors (Lipinski definition) is 1. The van der Waals surface area contributed by atoms with Crippen LogP contribution in [0.25, 0.3) is 0 Å². The summed E-state index contributed by atoms with van der Waals surface area (Å²) in [7, 11) is 1.64. The van der Waals surface area contributed by atoms with E-state index in [9.17, 15) is 0 Å². The lowest BCUT2D eigenvalue weighted by Crippen LogP contribution is -2.05. The van der Waals surface area contributed by atoms with Gasteiger partial charge >= 0.3 is 0 Å². The Morgan fingerprint density at radius 2 is 2.27 bits per heavy atom. The average molecular weight is 156 g/mol. The molecule has 0 atom stereocenters. The number of hydrogen-bond acceptors (Lipinski definition) is 3. The van der Waals surface area contributed by atoms with Gasteiger partial charge in [0.25, 0.3) is 0 Å². The molecule has 0 heterocycles. The fourth-order valence-corrected chi connectivity index (χ4v) is 0.610. The Kier molecular flexibility index (Phi) is 5.47.